The van der Waals surface area contributed by atoms with Crippen LogP contribution in [0, 0.1) is 0 Å². The van der Waals surface area contributed by atoms with E-state index in [0.717, 1.165) is 50.8 Å². The van der Waals surface area contributed by atoms with Crippen LogP contribution < -0.4 is 5.32 Å². The van der Waals surface area contributed by atoms with Crippen molar-refractivity contribution >= 4 is 6.03 Å². The number of amides is 2. The van der Waals surface area contributed by atoms with Crippen LogP contribution in [0.2, 0.25) is 0 Å². The van der Waals surface area contributed by atoms with Crippen molar-refractivity contribution < 1.29 is 13.9 Å². The Bertz CT molecular complexity index is 516. The highest BCUT2D eigenvalue weighted by Gasteiger charge is 2.42. The fraction of sp³-hybridized carbons (Fsp3) is 0.706. The Kier molecular flexibility index (Phi) is 3.82. The van der Waals surface area contributed by atoms with Gasteiger partial charge in [-0.05, 0) is 44.2 Å². The normalized spacial score (nSPS) is 34.6. The van der Waals surface area contributed by atoms with Crippen LogP contribution in [-0.2, 0) is 4.74 Å². The molecule has 0 aliphatic carbocycles. The van der Waals surface area contributed by atoms with Gasteiger partial charge in [0.15, 0.2) is 0 Å². The van der Waals surface area contributed by atoms with Gasteiger partial charge in [-0.25, -0.2) is 4.79 Å². The van der Waals surface area contributed by atoms with Gasteiger partial charge >= 0.3 is 6.03 Å². The summed E-state index contributed by atoms with van der Waals surface area (Å²) < 4.78 is 11.4. The van der Waals surface area contributed by atoms with Crippen molar-refractivity contribution in [1.29, 1.82) is 0 Å². The molecule has 1 aromatic rings. The molecule has 0 aromatic carbocycles. The Morgan fingerprint density at radius 3 is 2.91 bits per heavy atom. The molecule has 1 aromatic heterocycles. The van der Waals surface area contributed by atoms with E-state index in [9.17, 15) is 4.79 Å². The van der Waals surface area contributed by atoms with Crippen molar-refractivity contribution in [3.63, 3.8) is 0 Å². The molecule has 120 valence electrons. The van der Waals surface area contributed by atoms with E-state index < -0.39 is 0 Å². The molecule has 4 unspecified atom stereocenters. The second kappa shape index (κ2) is 5.95. The van der Waals surface area contributed by atoms with Crippen LogP contribution in [0.1, 0.15) is 56.7 Å². The lowest BCUT2D eigenvalue weighted by atomic mass is 9.95. The van der Waals surface area contributed by atoms with Gasteiger partial charge in [-0.1, -0.05) is 12.8 Å². The fourth-order valence-electron chi connectivity index (χ4n) is 4.16. The smallest absolute Gasteiger partial charge is 0.318 e. The number of urea groups is 1. The van der Waals surface area contributed by atoms with E-state index in [2.05, 4.69) is 5.32 Å². The quantitative estimate of drug-likeness (QED) is 0.912. The third-order valence-electron chi connectivity index (χ3n) is 5.30. The van der Waals surface area contributed by atoms with Crippen LogP contribution in [0.5, 0.6) is 0 Å². The predicted octanol–water partition coefficient (Wildman–Crippen LogP) is 3.23. The van der Waals surface area contributed by atoms with Crippen molar-refractivity contribution in [2.75, 3.05) is 6.54 Å². The highest BCUT2D eigenvalue weighted by atomic mass is 16.5. The Balaban J connectivity index is 1.46. The molecule has 3 aliphatic heterocycles. The van der Waals surface area contributed by atoms with Crippen LogP contribution in [-0.4, -0.2) is 35.7 Å². The molecular formula is C17H24N2O3. The lowest BCUT2D eigenvalue weighted by Crippen LogP contribution is -2.49. The first kappa shape index (κ1) is 14.1. The maximum Gasteiger partial charge on any atom is 0.318 e. The number of hydrogen-bond donors (Lipinski definition) is 1. The second-order valence-corrected chi connectivity index (χ2v) is 6.74. The maximum absolute atomic E-state index is 12.8. The first-order valence-corrected chi connectivity index (χ1v) is 8.57. The number of likely N-dealkylation sites (tertiary alicyclic amines) is 1. The molecule has 0 spiro atoms. The zero-order chi connectivity index (χ0) is 14.9. The van der Waals surface area contributed by atoms with Gasteiger partial charge in [0, 0.05) is 6.54 Å². The number of nitrogens with one attached hydrogen (secondary N) is 1. The van der Waals surface area contributed by atoms with Gasteiger partial charge in [-0.2, -0.15) is 0 Å². The monoisotopic (exact) mass is 304 g/mol. The fourth-order valence-corrected chi connectivity index (χ4v) is 4.16. The van der Waals surface area contributed by atoms with Gasteiger partial charge in [-0.3, -0.25) is 0 Å². The largest absolute Gasteiger partial charge is 0.467 e. The number of carbonyl (C=O) groups is 1. The van der Waals surface area contributed by atoms with Crippen molar-refractivity contribution in [2.45, 2.75) is 69.2 Å². The third kappa shape index (κ3) is 2.62. The highest BCUT2D eigenvalue weighted by Crippen LogP contribution is 2.35. The minimum Gasteiger partial charge on any atom is -0.467 e. The number of hydrogen-bond acceptors (Lipinski definition) is 3. The summed E-state index contributed by atoms with van der Waals surface area (Å²) in [6.07, 6.45) is 9.85. The molecule has 3 aliphatic rings. The van der Waals surface area contributed by atoms with Crippen molar-refractivity contribution in [3.05, 3.63) is 24.2 Å². The zero-order valence-corrected chi connectivity index (χ0v) is 12.9. The minimum absolute atomic E-state index is 0.0458. The number of rotatable bonds is 2. The molecule has 5 nitrogen and oxygen atoms in total. The number of ether oxygens (including phenoxy) is 1. The zero-order valence-electron chi connectivity index (χ0n) is 12.9. The number of fused-ring (bicyclic) bond motifs is 2. The summed E-state index contributed by atoms with van der Waals surface area (Å²) in [5.41, 5.74) is 0. The van der Waals surface area contributed by atoms with E-state index in [-0.39, 0.29) is 24.2 Å². The van der Waals surface area contributed by atoms with Crippen LogP contribution in [0.4, 0.5) is 4.79 Å². The molecule has 0 radical (unpaired) electrons. The topological polar surface area (TPSA) is 54.7 Å². The summed E-state index contributed by atoms with van der Waals surface area (Å²) >= 11 is 0. The summed E-state index contributed by atoms with van der Waals surface area (Å²) in [6.45, 7) is 0.804. The summed E-state index contributed by atoms with van der Waals surface area (Å²) in [5.74, 6) is 0.904. The van der Waals surface area contributed by atoms with Crippen LogP contribution in [0.3, 0.4) is 0 Å². The Morgan fingerprint density at radius 2 is 2.18 bits per heavy atom. The summed E-state index contributed by atoms with van der Waals surface area (Å²) in [5, 5.41) is 3.22. The predicted molar refractivity (Wildman–Crippen MR) is 81.5 cm³/mol. The summed E-state index contributed by atoms with van der Waals surface area (Å²) in [4.78, 5) is 14.8. The molecule has 2 amide bonds. The van der Waals surface area contributed by atoms with Gasteiger partial charge in [-0.15, -0.1) is 0 Å². The average molecular weight is 304 g/mol. The third-order valence-corrected chi connectivity index (χ3v) is 5.30. The minimum atomic E-state index is 0.0458. The van der Waals surface area contributed by atoms with Crippen molar-refractivity contribution in [2.24, 2.45) is 0 Å². The van der Waals surface area contributed by atoms with Crippen LogP contribution in [0.15, 0.2) is 22.8 Å². The Labute approximate surface area is 131 Å². The molecule has 1 N–H and O–H groups in total. The summed E-state index contributed by atoms with van der Waals surface area (Å²) in [7, 11) is 0. The van der Waals surface area contributed by atoms with Crippen molar-refractivity contribution in [3.8, 4) is 0 Å². The molecule has 0 saturated carbocycles. The lowest BCUT2D eigenvalue weighted by molar-refractivity contribution is 0.0959. The van der Waals surface area contributed by atoms with E-state index in [1.54, 1.807) is 6.26 Å². The standard InChI is InChI=1S/C17H24N2O3/c20-17(18-13-11-12-7-8-15(13)22-12)19-9-3-1-2-5-14(19)16-6-4-10-21-16/h4,6,10,12-15H,1-3,5,7-9,11H2,(H,18,20). The van der Waals surface area contributed by atoms with E-state index >= 15 is 0 Å². The molecule has 4 atom stereocenters. The number of carbonyl (C=O) groups excluding carboxylic acids is 1. The molecule has 5 heteroatoms. The van der Waals surface area contributed by atoms with E-state index in [0.29, 0.717) is 6.10 Å². The van der Waals surface area contributed by atoms with Crippen LogP contribution >= 0.6 is 0 Å². The SMILES string of the molecule is O=C(NC1CC2CCC1O2)N1CCCCCC1c1ccco1. The lowest BCUT2D eigenvalue weighted by Gasteiger charge is -2.31. The average Bonchev–Trinajstić information content (AvgIpc) is 3.23. The van der Waals surface area contributed by atoms with Gasteiger partial charge in [0.25, 0.3) is 0 Å². The van der Waals surface area contributed by atoms with Gasteiger partial charge in [0.1, 0.15) is 5.76 Å². The number of nitrogens with zero attached hydrogens (tertiary/aromatic N) is 1. The molecule has 4 rings (SSSR count). The van der Waals surface area contributed by atoms with Gasteiger partial charge in [0.05, 0.1) is 30.6 Å². The van der Waals surface area contributed by atoms with E-state index in [4.69, 9.17) is 9.15 Å². The van der Waals surface area contributed by atoms with Crippen LogP contribution in [0.25, 0.3) is 0 Å². The molecule has 3 fully saturated rings. The maximum atomic E-state index is 12.8. The Hall–Kier alpha value is -1.49. The van der Waals surface area contributed by atoms with Gasteiger partial charge in [0.2, 0.25) is 0 Å². The second-order valence-electron chi connectivity index (χ2n) is 6.74. The summed E-state index contributed by atoms with van der Waals surface area (Å²) in [6, 6.07) is 4.19. The number of furan rings is 1. The van der Waals surface area contributed by atoms with Crippen molar-refractivity contribution in [1.82, 2.24) is 10.2 Å². The molecule has 2 bridgehead atoms. The molecule has 3 saturated heterocycles. The first-order valence-electron chi connectivity index (χ1n) is 8.57. The Morgan fingerprint density at radius 1 is 1.23 bits per heavy atom. The molecule has 22 heavy (non-hydrogen) atoms. The highest BCUT2D eigenvalue weighted by molar-refractivity contribution is 5.75. The van der Waals surface area contributed by atoms with E-state index in [1.807, 2.05) is 17.0 Å². The van der Waals surface area contributed by atoms with Gasteiger partial charge < -0.3 is 19.4 Å². The molecule has 4 heterocycles. The van der Waals surface area contributed by atoms with E-state index in [1.165, 1.54) is 6.42 Å². The first-order chi connectivity index (χ1) is 10.8. The molecular weight excluding hydrogens is 280 g/mol.